The lowest BCUT2D eigenvalue weighted by Gasteiger charge is -2.10. The second-order valence-corrected chi connectivity index (χ2v) is 8.87. The summed E-state index contributed by atoms with van der Waals surface area (Å²) >= 11 is 2.51. The van der Waals surface area contributed by atoms with Crippen molar-refractivity contribution >= 4 is 34.1 Å². The van der Waals surface area contributed by atoms with Crippen molar-refractivity contribution in [1.82, 2.24) is 15.0 Å². The highest BCUT2D eigenvalue weighted by molar-refractivity contribution is 7.98. The fraction of sp³-hybridized carbons (Fsp3) is 0.182. The maximum atomic E-state index is 12.9. The zero-order valence-electron chi connectivity index (χ0n) is 17.4. The molecule has 3 heterocycles. The molecule has 1 amide bonds. The summed E-state index contributed by atoms with van der Waals surface area (Å²) in [4.78, 5) is 26.7. The minimum absolute atomic E-state index is 0.271. The van der Waals surface area contributed by atoms with E-state index in [0.717, 1.165) is 17.0 Å². The maximum Gasteiger partial charge on any atom is 0.416 e. The second-order valence-electron chi connectivity index (χ2n) is 6.95. The van der Waals surface area contributed by atoms with Gasteiger partial charge in [-0.15, -0.1) is 23.1 Å². The molecule has 0 bridgehead atoms. The van der Waals surface area contributed by atoms with Gasteiger partial charge in [-0.05, 0) is 36.9 Å². The topological polar surface area (TPSA) is 80.9 Å². The molecule has 1 N–H and O–H groups in total. The average molecular weight is 491 g/mol. The number of aromatic nitrogens is 3. The average Bonchev–Trinajstić information content (AvgIpc) is 3.45. The number of amides is 1. The molecule has 0 aliphatic carbocycles. The third-order valence-electron chi connectivity index (χ3n) is 4.63. The molecular formula is C22H17F3N4O2S2. The Morgan fingerprint density at radius 1 is 1.21 bits per heavy atom. The standard InChI is InChI=1S/C22H17F3N4O2S2/c1-12-17(20(32-2)28-18(27-12)16-7-4-8-31-16)19(30)29-21-26-11-15(33-21)10-13-5-3-6-14(9-13)22(23,24)25/h3-9,11H,10H2,1-2H3,(H,26,29,30). The van der Waals surface area contributed by atoms with E-state index in [1.54, 1.807) is 37.6 Å². The SMILES string of the molecule is CSc1nc(-c2ccco2)nc(C)c1C(=O)Nc1ncc(Cc2cccc(C(F)(F)F)c2)s1. The van der Waals surface area contributed by atoms with Crippen LogP contribution in [-0.4, -0.2) is 27.1 Å². The smallest absolute Gasteiger partial charge is 0.416 e. The van der Waals surface area contributed by atoms with Gasteiger partial charge < -0.3 is 4.42 Å². The number of carbonyl (C=O) groups excluding carboxylic acids is 1. The van der Waals surface area contributed by atoms with Crippen molar-refractivity contribution < 1.29 is 22.4 Å². The minimum Gasteiger partial charge on any atom is -0.461 e. The van der Waals surface area contributed by atoms with E-state index in [1.807, 2.05) is 0 Å². The van der Waals surface area contributed by atoms with Crippen molar-refractivity contribution in [2.75, 3.05) is 11.6 Å². The van der Waals surface area contributed by atoms with E-state index < -0.39 is 17.6 Å². The third-order valence-corrected chi connectivity index (χ3v) is 6.22. The number of nitrogens with zero attached hydrogens (tertiary/aromatic N) is 3. The Balaban J connectivity index is 1.51. The van der Waals surface area contributed by atoms with Crippen LogP contribution in [0.2, 0.25) is 0 Å². The van der Waals surface area contributed by atoms with Crippen molar-refractivity contribution in [1.29, 1.82) is 0 Å². The monoisotopic (exact) mass is 490 g/mol. The lowest BCUT2D eigenvalue weighted by molar-refractivity contribution is -0.137. The number of carbonyl (C=O) groups is 1. The lowest BCUT2D eigenvalue weighted by Crippen LogP contribution is -2.16. The Labute approximate surface area is 195 Å². The first-order valence-electron chi connectivity index (χ1n) is 9.63. The van der Waals surface area contributed by atoms with Crippen molar-refractivity contribution in [2.45, 2.75) is 24.5 Å². The van der Waals surface area contributed by atoms with Crippen molar-refractivity contribution in [2.24, 2.45) is 0 Å². The molecule has 0 unspecified atom stereocenters. The molecule has 0 aliphatic heterocycles. The summed E-state index contributed by atoms with van der Waals surface area (Å²) in [7, 11) is 0. The maximum absolute atomic E-state index is 12.9. The number of alkyl halides is 3. The molecule has 11 heteroatoms. The van der Waals surface area contributed by atoms with Crippen molar-refractivity contribution in [3.8, 4) is 11.6 Å². The number of hydrogen-bond acceptors (Lipinski definition) is 7. The largest absolute Gasteiger partial charge is 0.461 e. The predicted molar refractivity (Wildman–Crippen MR) is 121 cm³/mol. The van der Waals surface area contributed by atoms with Gasteiger partial charge in [-0.3, -0.25) is 10.1 Å². The molecule has 1 aromatic carbocycles. The van der Waals surface area contributed by atoms with Gasteiger partial charge in [0, 0.05) is 17.5 Å². The highest BCUT2D eigenvalue weighted by Gasteiger charge is 2.30. The van der Waals surface area contributed by atoms with Crippen LogP contribution in [0.5, 0.6) is 0 Å². The zero-order chi connectivity index (χ0) is 23.6. The summed E-state index contributed by atoms with van der Waals surface area (Å²) in [6.07, 6.45) is 0.741. The normalized spacial score (nSPS) is 11.5. The molecule has 33 heavy (non-hydrogen) atoms. The van der Waals surface area contributed by atoms with E-state index in [9.17, 15) is 18.0 Å². The Hall–Kier alpha value is -3.18. The van der Waals surface area contributed by atoms with Gasteiger partial charge in [0.15, 0.2) is 16.7 Å². The first kappa shape index (κ1) is 23.0. The van der Waals surface area contributed by atoms with Gasteiger partial charge in [0.05, 0.1) is 23.1 Å². The Morgan fingerprint density at radius 2 is 2.03 bits per heavy atom. The number of hydrogen-bond donors (Lipinski definition) is 1. The van der Waals surface area contributed by atoms with Crippen LogP contribution in [-0.2, 0) is 12.6 Å². The summed E-state index contributed by atoms with van der Waals surface area (Å²) in [6, 6.07) is 8.61. The fourth-order valence-electron chi connectivity index (χ4n) is 3.14. The summed E-state index contributed by atoms with van der Waals surface area (Å²) in [5.74, 6) is 0.471. The molecule has 0 spiro atoms. The fourth-order valence-corrected chi connectivity index (χ4v) is 4.60. The van der Waals surface area contributed by atoms with E-state index in [1.165, 1.54) is 35.4 Å². The summed E-state index contributed by atoms with van der Waals surface area (Å²) in [5, 5.41) is 3.57. The Kier molecular flexibility index (Phi) is 6.52. The molecule has 0 fully saturated rings. The summed E-state index contributed by atoms with van der Waals surface area (Å²) in [6.45, 7) is 1.71. The Morgan fingerprint density at radius 3 is 2.73 bits per heavy atom. The van der Waals surface area contributed by atoms with Gasteiger partial charge >= 0.3 is 6.18 Å². The van der Waals surface area contributed by atoms with Crippen molar-refractivity contribution in [3.63, 3.8) is 0 Å². The van der Waals surface area contributed by atoms with E-state index in [-0.39, 0.29) is 6.42 Å². The molecule has 0 aliphatic rings. The molecule has 4 rings (SSSR count). The van der Waals surface area contributed by atoms with Crippen molar-refractivity contribution in [3.05, 3.63) is 76.1 Å². The van der Waals surface area contributed by atoms with E-state index in [2.05, 4.69) is 20.3 Å². The highest BCUT2D eigenvalue weighted by Crippen LogP contribution is 2.31. The molecule has 0 atom stereocenters. The number of benzene rings is 1. The van der Waals surface area contributed by atoms with E-state index in [0.29, 0.717) is 38.6 Å². The van der Waals surface area contributed by atoms with Crippen LogP contribution < -0.4 is 5.32 Å². The number of anilines is 1. The van der Waals surface area contributed by atoms with E-state index in [4.69, 9.17) is 4.42 Å². The molecule has 0 saturated heterocycles. The number of halogens is 3. The number of rotatable bonds is 6. The van der Waals surface area contributed by atoms with Gasteiger partial charge in [0.25, 0.3) is 5.91 Å². The minimum atomic E-state index is -4.40. The van der Waals surface area contributed by atoms with Crippen LogP contribution in [0.25, 0.3) is 11.6 Å². The number of thioether (sulfide) groups is 1. The first-order chi connectivity index (χ1) is 15.7. The van der Waals surface area contributed by atoms with Crippen LogP contribution in [0, 0.1) is 6.92 Å². The second kappa shape index (κ2) is 9.36. The zero-order valence-corrected chi connectivity index (χ0v) is 19.1. The highest BCUT2D eigenvalue weighted by atomic mass is 32.2. The number of aryl methyl sites for hydroxylation is 1. The number of thiazole rings is 1. The molecular weight excluding hydrogens is 473 g/mol. The predicted octanol–water partition coefficient (Wildman–Crippen LogP) is 6.09. The Bertz CT molecular complexity index is 1290. The number of furan rings is 1. The van der Waals surface area contributed by atoms with E-state index >= 15 is 0 Å². The third kappa shape index (κ3) is 5.25. The van der Waals surface area contributed by atoms with Gasteiger partial charge in [-0.25, -0.2) is 15.0 Å². The molecule has 4 aromatic rings. The van der Waals surface area contributed by atoms with Crippen LogP contribution in [0.1, 0.15) is 32.1 Å². The first-order valence-corrected chi connectivity index (χ1v) is 11.7. The van der Waals surface area contributed by atoms with Gasteiger partial charge in [-0.2, -0.15) is 13.2 Å². The lowest BCUT2D eigenvalue weighted by atomic mass is 10.1. The van der Waals surface area contributed by atoms with Crippen LogP contribution in [0.15, 0.2) is 58.3 Å². The molecule has 170 valence electrons. The van der Waals surface area contributed by atoms with Gasteiger partial charge in [0.2, 0.25) is 0 Å². The molecule has 6 nitrogen and oxygen atoms in total. The molecule has 3 aromatic heterocycles. The van der Waals surface area contributed by atoms with Crippen LogP contribution in [0.4, 0.5) is 18.3 Å². The summed E-state index contributed by atoms with van der Waals surface area (Å²) < 4.78 is 44.2. The van der Waals surface area contributed by atoms with Crippen LogP contribution >= 0.6 is 23.1 Å². The number of nitrogens with one attached hydrogen (secondary N) is 1. The van der Waals surface area contributed by atoms with Crippen LogP contribution in [0.3, 0.4) is 0 Å². The van der Waals surface area contributed by atoms with Gasteiger partial charge in [0.1, 0.15) is 5.03 Å². The quantitative estimate of drug-likeness (QED) is 0.260. The summed E-state index contributed by atoms with van der Waals surface area (Å²) in [5.41, 5.74) is 0.622. The van der Waals surface area contributed by atoms with Gasteiger partial charge in [-0.1, -0.05) is 18.2 Å². The molecule has 0 radical (unpaired) electrons. The molecule has 0 saturated carbocycles.